The smallest absolute Gasteiger partial charge is 0.316 e. The molecule has 82 valence electrons. The van der Waals surface area contributed by atoms with Crippen molar-refractivity contribution >= 4 is 11.6 Å². The van der Waals surface area contributed by atoms with Crippen LogP contribution in [0.25, 0.3) is 0 Å². The zero-order valence-corrected chi connectivity index (χ0v) is 9.15. The van der Waals surface area contributed by atoms with Crippen molar-refractivity contribution in [2.75, 3.05) is 6.54 Å². The Hall–Kier alpha value is -0.870. The lowest BCUT2D eigenvalue weighted by molar-refractivity contribution is 0.148. The van der Waals surface area contributed by atoms with Crippen molar-refractivity contribution in [3.8, 4) is 6.01 Å². The molecule has 0 amide bonds. The average Bonchev–Trinajstić information content (AvgIpc) is 2.69. The molecule has 2 unspecified atom stereocenters. The lowest BCUT2D eigenvalue weighted by Crippen LogP contribution is -2.28. The molecule has 1 aromatic rings. The van der Waals surface area contributed by atoms with Crippen LogP contribution in [-0.4, -0.2) is 22.6 Å². The summed E-state index contributed by atoms with van der Waals surface area (Å²) < 4.78 is 5.67. The van der Waals surface area contributed by atoms with Crippen LogP contribution in [0.3, 0.4) is 0 Å². The van der Waals surface area contributed by atoms with E-state index in [0.29, 0.717) is 23.5 Å². The van der Waals surface area contributed by atoms with Gasteiger partial charge in [0.05, 0.1) is 17.4 Å². The van der Waals surface area contributed by atoms with Gasteiger partial charge in [-0.25, -0.2) is 9.97 Å². The minimum atomic E-state index is 0.163. The summed E-state index contributed by atoms with van der Waals surface area (Å²) in [4.78, 5) is 8.01. The predicted molar refractivity (Wildman–Crippen MR) is 57.9 cm³/mol. The highest BCUT2D eigenvalue weighted by Gasteiger charge is 2.28. The molecule has 2 atom stereocenters. The van der Waals surface area contributed by atoms with E-state index in [1.165, 1.54) is 18.8 Å². The molecule has 1 aromatic heterocycles. The number of hydrogen-bond acceptors (Lipinski definition) is 4. The molecule has 15 heavy (non-hydrogen) atoms. The molecule has 1 aliphatic rings. The van der Waals surface area contributed by atoms with Gasteiger partial charge in [-0.2, -0.15) is 0 Å². The third kappa shape index (κ3) is 2.58. The van der Waals surface area contributed by atoms with Gasteiger partial charge in [-0.15, -0.1) is 0 Å². The molecule has 2 rings (SSSR count). The van der Waals surface area contributed by atoms with Gasteiger partial charge in [0.2, 0.25) is 0 Å². The van der Waals surface area contributed by atoms with Crippen LogP contribution in [0.2, 0.25) is 5.02 Å². The molecule has 0 saturated heterocycles. The predicted octanol–water partition coefficient (Wildman–Crippen LogP) is 1.64. The van der Waals surface area contributed by atoms with Crippen molar-refractivity contribution < 1.29 is 4.74 Å². The fraction of sp³-hybridized carbons (Fsp3) is 0.600. The summed E-state index contributed by atoms with van der Waals surface area (Å²) in [7, 11) is 0. The van der Waals surface area contributed by atoms with Crippen molar-refractivity contribution in [2.45, 2.75) is 25.4 Å². The van der Waals surface area contributed by atoms with Crippen molar-refractivity contribution in [2.24, 2.45) is 11.7 Å². The lowest BCUT2D eigenvalue weighted by Gasteiger charge is -2.17. The van der Waals surface area contributed by atoms with E-state index < -0.39 is 0 Å². The van der Waals surface area contributed by atoms with E-state index in [4.69, 9.17) is 22.1 Å². The Morgan fingerprint density at radius 2 is 2.13 bits per heavy atom. The minimum absolute atomic E-state index is 0.163. The van der Waals surface area contributed by atoms with Gasteiger partial charge >= 0.3 is 6.01 Å². The van der Waals surface area contributed by atoms with Crippen LogP contribution in [0.15, 0.2) is 12.4 Å². The van der Waals surface area contributed by atoms with E-state index in [0.717, 1.165) is 12.8 Å². The summed E-state index contributed by atoms with van der Waals surface area (Å²) >= 11 is 5.68. The number of ether oxygens (including phenoxy) is 1. The second kappa shape index (κ2) is 4.77. The van der Waals surface area contributed by atoms with Crippen molar-refractivity contribution in [1.29, 1.82) is 0 Å². The summed E-state index contributed by atoms with van der Waals surface area (Å²) in [6.45, 7) is 0.665. The normalized spacial score (nSPS) is 25.5. The summed E-state index contributed by atoms with van der Waals surface area (Å²) in [6, 6.07) is 0.393. The molecular weight excluding hydrogens is 214 g/mol. The molecule has 0 aromatic carbocycles. The van der Waals surface area contributed by atoms with Crippen LogP contribution in [0.5, 0.6) is 6.01 Å². The standard InChI is InChI=1S/C10H14ClN3O/c11-8-5-13-10(14-6-8)15-9-3-1-2-7(9)4-12/h5-7,9H,1-4,12H2. The van der Waals surface area contributed by atoms with Crippen LogP contribution in [0.4, 0.5) is 0 Å². The molecule has 1 aliphatic carbocycles. The van der Waals surface area contributed by atoms with Gasteiger partial charge in [0, 0.05) is 5.92 Å². The molecule has 1 heterocycles. The number of rotatable bonds is 3. The van der Waals surface area contributed by atoms with E-state index in [1.54, 1.807) is 0 Å². The molecule has 2 N–H and O–H groups in total. The summed E-state index contributed by atoms with van der Waals surface area (Å²) in [6.07, 6.45) is 6.58. The zero-order chi connectivity index (χ0) is 10.7. The second-order valence-electron chi connectivity index (χ2n) is 3.77. The topological polar surface area (TPSA) is 61.0 Å². The number of hydrogen-bond donors (Lipinski definition) is 1. The second-order valence-corrected chi connectivity index (χ2v) is 4.20. The van der Waals surface area contributed by atoms with Gasteiger partial charge in [-0.1, -0.05) is 11.6 Å². The van der Waals surface area contributed by atoms with Crippen LogP contribution in [0, 0.1) is 5.92 Å². The van der Waals surface area contributed by atoms with Crippen LogP contribution >= 0.6 is 11.6 Å². The van der Waals surface area contributed by atoms with Gasteiger partial charge < -0.3 is 10.5 Å². The number of nitrogens with zero attached hydrogens (tertiary/aromatic N) is 2. The summed E-state index contributed by atoms with van der Waals surface area (Å²) in [5, 5.41) is 0.518. The van der Waals surface area contributed by atoms with Gasteiger partial charge in [0.25, 0.3) is 0 Å². The monoisotopic (exact) mass is 227 g/mol. The average molecular weight is 228 g/mol. The van der Waals surface area contributed by atoms with E-state index in [9.17, 15) is 0 Å². The van der Waals surface area contributed by atoms with E-state index in [1.807, 2.05) is 0 Å². The molecule has 1 fully saturated rings. The van der Waals surface area contributed by atoms with Crippen LogP contribution in [0.1, 0.15) is 19.3 Å². The quantitative estimate of drug-likeness (QED) is 0.853. The Bertz CT molecular complexity index is 317. The number of halogens is 1. The molecule has 0 aliphatic heterocycles. The fourth-order valence-corrected chi connectivity index (χ4v) is 2.02. The Morgan fingerprint density at radius 3 is 2.80 bits per heavy atom. The van der Waals surface area contributed by atoms with Gasteiger partial charge in [-0.3, -0.25) is 0 Å². The first-order valence-electron chi connectivity index (χ1n) is 5.14. The molecule has 4 nitrogen and oxygen atoms in total. The Kier molecular flexibility index (Phi) is 3.38. The van der Waals surface area contributed by atoms with Crippen LogP contribution < -0.4 is 10.5 Å². The van der Waals surface area contributed by atoms with Crippen molar-refractivity contribution in [3.63, 3.8) is 0 Å². The first kappa shape index (κ1) is 10.6. The maximum absolute atomic E-state index is 5.68. The molecule has 1 saturated carbocycles. The third-order valence-electron chi connectivity index (χ3n) is 2.75. The van der Waals surface area contributed by atoms with E-state index in [-0.39, 0.29) is 6.10 Å². The molecule has 5 heteroatoms. The SMILES string of the molecule is NCC1CCCC1Oc1ncc(Cl)cn1. The van der Waals surface area contributed by atoms with Gasteiger partial charge in [0.15, 0.2) is 0 Å². The molecule has 0 spiro atoms. The lowest BCUT2D eigenvalue weighted by atomic mass is 10.1. The highest BCUT2D eigenvalue weighted by Crippen LogP contribution is 2.27. The van der Waals surface area contributed by atoms with Gasteiger partial charge in [0.1, 0.15) is 6.10 Å². The van der Waals surface area contributed by atoms with Crippen LogP contribution in [-0.2, 0) is 0 Å². The van der Waals surface area contributed by atoms with Gasteiger partial charge in [-0.05, 0) is 25.8 Å². The molecule has 0 radical (unpaired) electrons. The maximum Gasteiger partial charge on any atom is 0.316 e. The zero-order valence-electron chi connectivity index (χ0n) is 8.40. The Labute approximate surface area is 93.8 Å². The first-order chi connectivity index (χ1) is 7.29. The third-order valence-corrected chi connectivity index (χ3v) is 2.94. The molecular formula is C10H14ClN3O. The summed E-state index contributed by atoms with van der Waals surface area (Å²) in [5.41, 5.74) is 5.66. The molecule has 0 bridgehead atoms. The largest absolute Gasteiger partial charge is 0.460 e. The Balaban J connectivity index is 1.99. The summed E-state index contributed by atoms with van der Waals surface area (Å²) in [5.74, 6) is 0.435. The van der Waals surface area contributed by atoms with E-state index in [2.05, 4.69) is 9.97 Å². The first-order valence-corrected chi connectivity index (χ1v) is 5.51. The fourth-order valence-electron chi connectivity index (χ4n) is 1.92. The Morgan fingerprint density at radius 1 is 1.40 bits per heavy atom. The van der Waals surface area contributed by atoms with Crippen molar-refractivity contribution in [1.82, 2.24) is 9.97 Å². The highest BCUT2D eigenvalue weighted by atomic mass is 35.5. The van der Waals surface area contributed by atoms with E-state index >= 15 is 0 Å². The highest BCUT2D eigenvalue weighted by molar-refractivity contribution is 6.30. The number of nitrogens with two attached hydrogens (primary N) is 1. The minimum Gasteiger partial charge on any atom is -0.460 e. The number of aromatic nitrogens is 2. The van der Waals surface area contributed by atoms with Crippen molar-refractivity contribution in [3.05, 3.63) is 17.4 Å². The maximum atomic E-state index is 5.68.